The molecule has 0 heterocycles. The third-order valence-electron chi connectivity index (χ3n) is 6.55. The van der Waals surface area contributed by atoms with Crippen LogP contribution in [0.15, 0.2) is 77.7 Å². The van der Waals surface area contributed by atoms with Crippen molar-refractivity contribution in [3.63, 3.8) is 0 Å². The third kappa shape index (κ3) is 4.86. The maximum Gasteiger partial charge on any atom is 0.328 e. The zero-order valence-electron chi connectivity index (χ0n) is 19.9. The fourth-order valence-corrected chi connectivity index (χ4v) is 7.00. The smallest absolute Gasteiger partial charge is 0.328 e. The number of hydrogen-bond donors (Lipinski definition) is 1. The van der Waals surface area contributed by atoms with Crippen molar-refractivity contribution in [2.24, 2.45) is 0 Å². The molecule has 1 amide bonds. The van der Waals surface area contributed by atoms with Crippen LogP contribution in [0.2, 0.25) is 0 Å². The van der Waals surface area contributed by atoms with Crippen LogP contribution in [-0.2, 0) is 24.2 Å². The van der Waals surface area contributed by atoms with Crippen molar-refractivity contribution in [3.8, 4) is 11.1 Å². The van der Waals surface area contributed by atoms with E-state index in [0.29, 0.717) is 24.1 Å². The molecule has 1 aliphatic rings. The predicted molar refractivity (Wildman–Crippen MR) is 136 cm³/mol. The van der Waals surface area contributed by atoms with Crippen molar-refractivity contribution in [2.45, 2.75) is 49.2 Å². The second-order valence-electron chi connectivity index (χ2n) is 9.01. The fraction of sp³-hybridized carbons (Fsp3) is 0.286. The van der Waals surface area contributed by atoms with Gasteiger partial charge in [0.25, 0.3) is 5.91 Å². The summed E-state index contributed by atoms with van der Waals surface area (Å²) < 4.78 is 31.1. The maximum atomic E-state index is 13.7. The summed E-state index contributed by atoms with van der Waals surface area (Å²) in [4.78, 5) is 26.1. The standard InChI is InChI=1S/C28H29NO5S/c1-20-14-15-21(2)25(18-20)35(32,33)28(16-8-9-17-28)27(31)34-19-26(30)29-24-13-7-6-12-23(24)22-10-4-3-5-11-22/h3-7,10-15,18H,8-9,16-17,19H2,1-2H3,(H,29,30). The van der Waals surface area contributed by atoms with E-state index in [9.17, 15) is 18.0 Å². The van der Waals surface area contributed by atoms with E-state index >= 15 is 0 Å². The molecule has 0 spiro atoms. The topological polar surface area (TPSA) is 89.5 Å². The molecule has 1 N–H and O–H groups in total. The number of hydrogen-bond acceptors (Lipinski definition) is 5. The van der Waals surface area contributed by atoms with E-state index in [1.807, 2.05) is 55.5 Å². The van der Waals surface area contributed by atoms with E-state index in [4.69, 9.17) is 4.74 Å². The van der Waals surface area contributed by atoms with Gasteiger partial charge < -0.3 is 10.1 Å². The van der Waals surface area contributed by atoms with Crippen LogP contribution in [0.5, 0.6) is 0 Å². The van der Waals surface area contributed by atoms with Crippen LogP contribution in [0.4, 0.5) is 5.69 Å². The first-order valence-corrected chi connectivity index (χ1v) is 13.2. The highest BCUT2D eigenvalue weighted by Crippen LogP contribution is 2.42. The first-order chi connectivity index (χ1) is 16.7. The summed E-state index contributed by atoms with van der Waals surface area (Å²) in [5.74, 6) is -1.39. The number of aryl methyl sites for hydroxylation is 2. The minimum absolute atomic E-state index is 0.151. The SMILES string of the molecule is Cc1ccc(C)c(S(=O)(=O)C2(C(=O)OCC(=O)Nc3ccccc3-c3ccccc3)CCCC2)c1. The van der Waals surface area contributed by atoms with E-state index in [1.165, 1.54) is 0 Å². The second kappa shape index (κ2) is 10.0. The Morgan fingerprint density at radius 2 is 1.57 bits per heavy atom. The third-order valence-corrected chi connectivity index (χ3v) is 9.17. The molecule has 4 rings (SSSR count). The normalized spacial score (nSPS) is 14.9. The highest BCUT2D eigenvalue weighted by molar-refractivity contribution is 7.93. The largest absolute Gasteiger partial charge is 0.454 e. The zero-order chi connectivity index (χ0) is 25.1. The average Bonchev–Trinajstić information content (AvgIpc) is 3.37. The molecule has 7 heteroatoms. The van der Waals surface area contributed by atoms with E-state index in [-0.39, 0.29) is 17.7 Å². The maximum absolute atomic E-state index is 13.7. The van der Waals surface area contributed by atoms with Gasteiger partial charge in [-0.25, -0.2) is 8.42 Å². The number of benzene rings is 3. The number of para-hydroxylation sites is 1. The molecule has 0 saturated heterocycles. The Bertz CT molecular complexity index is 1340. The molecule has 3 aromatic carbocycles. The van der Waals surface area contributed by atoms with Crippen LogP contribution in [0.25, 0.3) is 11.1 Å². The van der Waals surface area contributed by atoms with Crippen molar-refractivity contribution in [3.05, 3.63) is 83.9 Å². The Hall–Kier alpha value is -3.45. The summed E-state index contributed by atoms with van der Waals surface area (Å²) in [6.45, 7) is 2.97. The molecule has 0 aliphatic heterocycles. The van der Waals surface area contributed by atoms with E-state index < -0.39 is 33.1 Å². The molecule has 6 nitrogen and oxygen atoms in total. The summed E-state index contributed by atoms with van der Waals surface area (Å²) in [5.41, 5.74) is 3.73. The summed E-state index contributed by atoms with van der Waals surface area (Å²) in [6.07, 6.45) is 1.58. The number of carbonyl (C=O) groups excluding carboxylic acids is 2. The molecule has 0 unspecified atom stereocenters. The van der Waals surface area contributed by atoms with Gasteiger partial charge in [-0.2, -0.15) is 0 Å². The number of rotatable bonds is 7. The summed E-state index contributed by atoms with van der Waals surface area (Å²) in [7, 11) is -4.01. The molecule has 1 fully saturated rings. The summed E-state index contributed by atoms with van der Waals surface area (Å²) >= 11 is 0. The molecule has 35 heavy (non-hydrogen) atoms. The van der Waals surface area contributed by atoms with Crippen molar-refractivity contribution in [2.75, 3.05) is 11.9 Å². The van der Waals surface area contributed by atoms with Gasteiger partial charge in [-0.1, -0.05) is 73.5 Å². The van der Waals surface area contributed by atoms with Gasteiger partial charge in [-0.3, -0.25) is 9.59 Å². The Balaban J connectivity index is 1.52. The van der Waals surface area contributed by atoms with Gasteiger partial charge in [-0.05, 0) is 55.5 Å². The molecule has 1 aliphatic carbocycles. The second-order valence-corrected chi connectivity index (χ2v) is 11.2. The number of amides is 1. The average molecular weight is 492 g/mol. The number of ether oxygens (including phenoxy) is 1. The number of anilines is 1. The van der Waals surface area contributed by atoms with Crippen LogP contribution in [0.1, 0.15) is 36.8 Å². The zero-order valence-corrected chi connectivity index (χ0v) is 20.7. The van der Waals surface area contributed by atoms with Crippen LogP contribution < -0.4 is 5.32 Å². The van der Waals surface area contributed by atoms with Gasteiger partial charge in [0, 0.05) is 11.3 Å². The number of carbonyl (C=O) groups is 2. The lowest BCUT2D eigenvalue weighted by Gasteiger charge is -2.27. The monoisotopic (exact) mass is 491 g/mol. The van der Waals surface area contributed by atoms with Crippen LogP contribution >= 0.6 is 0 Å². The first kappa shape index (κ1) is 24.7. The number of esters is 1. The predicted octanol–water partition coefficient (Wildman–Crippen LogP) is 5.24. The highest BCUT2D eigenvalue weighted by atomic mass is 32.2. The fourth-order valence-electron chi connectivity index (χ4n) is 4.65. The molecular formula is C28H29NO5S. The van der Waals surface area contributed by atoms with Gasteiger partial charge >= 0.3 is 5.97 Å². The van der Waals surface area contributed by atoms with Gasteiger partial charge in [0.05, 0.1) is 4.90 Å². The summed E-state index contributed by atoms with van der Waals surface area (Å²) in [5, 5.41) is 2.79. The van der Waals surface area contributed by atoms with Crippen LogP contribution in [0, 0.1) is 13.8 Å². The minimum Gasteiger partial charge on any atom is -0.454 e. The molecule has 0 bridgehead atoms. The lowest BCUT2D eigenvalue weighted by Crippen LogP contribution is -2.46. The van der Waals surface area contributed by atoms with Gasteiger partial charge in [0.2, 0.25) is 0 Å². The molecule has 0 radical (unpaired) electrons. The molecule has 0 atom stereocenters. The Morgan fingerprint density at radius 1 is 0.914 bits per heavy atom. The van der Waals surface area contributed by atoms with Gasteiger partial charge in [-0.15, -0.1) is 0 Å². The molecule has 182 valence electrons. The Kier molecular flexibility index (Phi) is 7.08. The lowest BCUT2D eigenvalue weighted by atomic mass is 10.0. The van der Waals surface area contributed by atoms with Gasteiger partial charge in [0.1, 0.15) is 0 Å². The van der Waals surface area contributed by atoms with E-state index in [0.717, 1.165) is 16.7 Å². The Labute approximate surface area is 206 Å². The van der Waals surface area contributed by atoms with Crippen molar-refractivity contribution in [1.82, 2.24) is 0 Å². The minimum atomic E-state index is -4.01. The lowest BCUT2D eigenvalue weighted by molar-refractivity contribution is -0.149. The van der Waals surface area contributed by atoms with Crippen LogP contribution in [0.3, 0.4) is 0 Å². The Morgan fingerprint density at radius 3 is 2.29 bits per heavy atom. The highest BCUT2D eigenvalue weighted by Gasteiger charge is 2.54. The number of nitrogens with one attached hydrogen (secondary N) is 1. The summed E-state index contributed by atoms with van der Waals surface area (Å²) in [6, 6.07) is 22.1. The molecule has 0 aromatic heterocycles. The quantitative estimate of drug-likeness (QED) is 0.457. The molecule has 3 aromatic rings. The van der Waals surface area contributed by atoms with E-state index in [1.54, 1.807) is 31.2 Å². The van der Waals surface area contributed by atoms with Crippen molar-refractivity contribution >= 4 is 27.4 Å². The molecular weight excluding hydrogens is 462 g/mol. The number of sulfone groups is 1. The van der Waals surface area contributed by atoms with E-state index in [2.05, 4.69) is 5.32 Å². The van der Waals surface area contributed by atoms with Crippen molar-refractivity contribution in [1.29, 1.82) is 0 Å². The van der Waals surface area contributed by atoms with Gasteiger partial charge in [0.15, 0.2) is 21.2 Å². The van der Waals surface area contributed by atoms with Crippen molar-refractivity contribution < 1.29 is 22.7 Å². The first-order valence-electron chi connectivity index (χ1n) is 11.7. The van der Waals surface area contributed by atoms with Crippen LogP contribution in [-0.4, -0.2) is 31.6 Å². The molecule has 1 saturated carbocycles.